The molecule has 2 heterocycles. The van der Waals surface area contributed by atoms with Crippen molar-refractivity contribution in [2.24, 2.45) is 0 Å². The van der Waals surface area contributed by atoms with E-state index in [1.165, 1.54) is 0 Å². The number of carbonyl (C=O) groups is 1. The molecule has 0 unspecified atom stereocenters. The molecular formula is C20H29ClN4O3. The molecule has 1 aliphatic heterocycles. The summed E-state index contributed by atoms with van der Waals surface area (Å²) >= 11 is 0. The number of halogens is 1. The summed E-state index contributed by atoms with van der Waals surface area (Å²) in [5.74, 6) is -0.0258. The Morgan fingerprint density at radius 2 is 2.04 bits per heavy atom. The van der Waals surface area contributed by atoms with Crippen LogP contribution in [0.4, 0.5) is 5.69 Å². The van der Waals surface area contributed by atoms with Gasteiger partial charge in [-0.05, 0) is 56.6 Å². The van der Waals surface area contributed by atoms with Crippen LogP contribution in [-0.4, -0.2) is 48.6 Å². The minimum absolute atomic E-state index is 0. The summed E-state index contributed by atoms with van der Waals surface area (Å²) in [6, 6.07) is 9.64. The molecule has 0 radical (unpaired) electrons. The summed E-state index contributed by atoms with van der Waals surface area (Å²) < 4.78 is 12.7. The Morgan fingerprint density at radius 3 is 2.75 bits per heavy atom. The standard InChI is InChI=1S/C20H28N4O3.ClH/c1-2-26-13-14-27-16-17-5-3-6-18(15-17)23-19(25)20(7-10-21-11-8-20)24-12-4-9-22-24;/h3-6,9,12,15,21H,2,7-8,10-11,13-14,16H2,1H3,(H,23,25);1H. The van der Waals surface area contributed by atoms with E-state index >= 15 is 0 Å². The van der Waals surface area contributed by atoms with Gasteiger partial charge in [0.1, 0.15) is 5.54 Å². The summed E-state index contributed by atoms with van der Waals surface area (Å²) in [6.45, 7) is 5.88. The van der Waals surface area contributed by atoms with E-state index in [0.717, 1.165) is 24.3 Å². The van der Waals surface area contributed by atoms with Crippen molar-refractivity contribution in [3.05, 3.63) is 48.3 Å². The molecule has 1 fully saturated rings. The van der Waals surface area contributed by atoms with Crippen LogP contribution in [0.15, 0.2) is 42.7 Å². The fourth-order valence-corrected chi connectivity index (χ4v) is 3.36. The van der Waals surface area contributed by atoms with Crippen molar-refractivity contribution >= 4 is 24.0 Å². The first-order valence-electron chi connectivity index (χ1n) is 9.51. The maximum atomic E-state index is 13.2. The number of hydrogen-bond donors (Lipinski definition) is 2. The van der Waals surface area contributed by atoms with Gasteiger partial charge in [-0.2, -0.15) is 5.10 Å². The van der Waals surface area contributed by atoms with Gasteiger partial charge in [0, 0.05) is 24.7 Å². The van der Waals surface area contributed by atoms with E-state index in [0.29, 0.717) is 39.3 Å². The molecule has 7 nitrogen and oxygen atoms in total. The zero-order valence-corrected chi connectivity index (χ0v) is 17.0. The largest absolute Gasteiger partial charge is 0.379 e. The molecule has 0 bridgehead atoms. The first kappa shape index (κ1) is 22.4. The van der Waals surface area contributed by atoms with E-state index in [1.54, 1.807) is 10.9 Å². The van der Waals surface area contributed by atoms with Gasteiger partial charge in [0.05, 0.1) is 19.8 Å². The zero-order valence-electron chi connectivity index (χ0n) is 16.2. The fourth-order valence-electron chi connectivity index (χ4n) is 3.36. The van der Waals surface area contributed by atoms with E-state index in [-0.39, 0.29) is 18.3 Å². The Morgan fingerprint density at radius 1 is 1.25 bits per heavy atom. The Balaban J connectivity index is 0.00000280. The van der Waals surface area contributed by atoms with Crippen molar-refractivity contribution < 1.29 is 14.3 Å². The number of piperidine rings is 1. The van der Waals surface area contributed by atoms with E-state index in [1.807, 2.05) is 43.5 Å². The number of ether oxygens (including phenoxy) is 2. The molecule has 1 amide bonds. The molecule has 1 saturated heterocycles. The Kier molecular flexibility index (Phi) is 8.92. The minimum atomic E-state index is -0.654. The Labute approximate surface area is 172 Å². The maximum Gasteiger partial charge on any atom is 0.252 e. The summed E-state index contributed by atoms with van der Waals surface area (Å²) in [4.78, 5) is 13.2. The summed E-state index contributed by atoms with van der Waals surface area (Å²) in [6.07, 6.45) is 5.01. The second kappa shape index (κ2) is 11.2. The molecule has 2 N–H and O–H groups in total. The number of nitrogens with zero attached hydrogens (tertiary/aromatic N) is 2. The molecule has 1 aromatic carbocycles. The van der Waals surface area contributed by atoms with Crippen LogP contribution in [0.2, 0.25) is 0 Å². The van der Waals surface area contributed by atoms with Gasteiger partial charge < -0.3 is 20.1 Å². The van der Waals surface area contributed by atoms with Crippen LogP contribution < -0.4 is 10.6 Å². The lowest BCUT2D eigenvalue weighted by Crippen LogP contribution is -2.52. The van der Waals surface area contributed by atoms with Crippen molar-refractivity contribution in [3.63, 3.8) is 0 Å². The quantitative estimate of drug-likeness (QED) is 0.623. The average molecular weight is 409 g/mol. The van der Waals surface area contributed by atoms with Crippen molar-refractivity contribution in [1.29, 1.82) is 0 Å². The lowest BCUT2D eigenvalue weighted by molar-refractivity contribution is -0.126. The highest BCUT2D eigenvalue weighted by atomic mass is 35.5. The number of nitrogens with one attached hydrogen (secondary N) is 2. The molecule has 0 saturated carbocycles. The number of rotatable bonds is 9. The van der Waals surface area contributed by atoms with Gasteiger partial charge >= 0.3 is 0 Å². The number of hydrogen-bond acceptors (Lipinski definition) is 5. The molecule has 154 valence electrons. The van der Waals surface area contributed by atoms with E-state index in [9.17, 15) is 4.79 Å². The summed E-state index contributed by atoms with van der Waals surface area (Å²) in [5.41, 5.74) is 1.14. The number of carbonyl (C=O) groups excluding carboxylic acids is 1. The van der Waals surface area contributed by atoms with Crippen LogP contribution in [-0.2, 0) is 26.4 Å². The van der Waals surface area contributed by atoms with Gasteiger partial charge in [-0.3, -0.25) is 9.48 Å². The van der Waals surface area contributed by atoms with Gasteiger partial charge in [-0.15, -0.1) is 12.4 Å². The molecule has 1 aliphatic rings. The zero-order chi connectivity index (χ0) is 19.0. The van der Waals surface area contributed by atoms with Gasteiger partial charge in [0.15, 0.2) is 0 Å². The van der Waals surface area contributed by atoms with Crippen molar-refractivity contribution in [2.45, 2.75) is 31.9 Å². The van der Waals surface area contributed by atoms with Gasteiger partial charge in [0.2, 0.25) is 0 Å². The average Bonchev–Trinajstić information content (AvgIpc) is 3.24. The number of amides is 1. The SMILES string of the molecule is CCOCCOCc1cccc(NC(=O)C2(n3cccn3)CCNCC2)c1.Cl. The second-order valence-corrected chi connectivity index (χ2v) is 6.64. The molecule has 8 heteroatoms. The molecule has 28 heavy (non-hydrogen) atoms. The maximum absolute atomic E-state index is 13.2. The third-order valence-electron chi connectivity index (χ3n) is 4.83. The number of benzene rings is 1. The van der Waals surface area contributed by atoms with Gasteiger partial charge in [-0.1, -0.05) is 12.1 Å². The summed E-state index contributed by atoms with van der Waals surface area (Å²) in [7, 11) is 0. The van der Waals surface area contributed by atoms with Crippen LogP contribution in [0, 0.1) is 0 Å². The smallest absolute Gasteiger partial charge is 0.252 e. The van der Waals surface area contributed by atoms with Crippen molar-refractivity contribution in [1.82, 2.24) is 15.1 Å². The summed E-state index contributed by atoms with van der Waals surface area (Å²) in [5, 5.41) is 10.8. The van der Waals surface area contributed by atoms with Gasteiger partial charge in [-0.25, -0.2) is 0 Å². The van der Waals surface area contributed by atoms with Gasteiger partial charge in [0.25, 0.3) is 5.91 Å². The topological polar surface area (TPSA) is 77.4 Å². The minimum Gasteiger partial charge on any atom is -0.379 e. The van der Waals surface area contributed by atoms with E-state index < -0.39 is 5.54 Å². The first-order valence-corrected chi connectivity index (χ1v) is 9.51. The molecule has 2 aromatic rings. The lowest BCUT2D eigenvalue weighted by atomic mass is 9.87. The number of aromatic nitrogens is 2. The Hall–Kier alpha value is -1.93. The highest BCUT2D eigenvalue weighted by Gasteiger charge is 2.42. The fraction of sp³-hybridized carbons (Fsp3) is 0.500. The lowest BCUT2D eigenvalue weighted by Gasteiger charge is -2.36. The third-order valence-corrected chi connectivity index (χ3v) is 4.83. The molecule has 3 rings (SSSR count). The van der Waals surface area contributed by atoms with Crippen molar-refractivity contribution in [3.8, 4) is 0 Å². The van der Waals surface area contributed by atoms with Crippen molar-refractivity contribution in [2.75, 3.05) is 38.2 Å². The highest BCUT2D eigenvalue weighted by molar-refractivity contribution is 5.96. The molecule has 0 atom stereocenters. The molecular weight excluding hydrogens is 380 g/mol. The Bertz CT molecular complexity index is 718. The predicted octanol–water partition coefficient (Wildman–Crippen LogP) is 2.58. The molecule has 0 spiro atoms. The molecule has 1 aromatic heterocycles. The monoisotopic (exact) mass is 408 g/mol. The van der Waals surface area contributed by atoms with Crippen LogP contribution in [0.3, 0.4) is 0 Å². The highest BCUT2D eigenvalue weighted by Crippen LogP contribution is 2.29. The predicted molar refractivity (Wildman–Crippen MR) is 111 cm³/mol. The van der Waals surface area contributed by atoms with E-state index in [2.05, 4.69) is 15.7 Å². The third kappa shape index (κ3) is 5.54. The van der Waals surface area contributed by atoms with Crippen LogP contribution in [0.1, 0.15) is 25.3 Å². The number of anilines is 1. The second-order valence-electron chi connectivity index (χ2n) is 6.64. The normalized spacial score (nSPS) is 15.6. The van der Waals surface area contributed by atoms with Crippen LogP contribution >= 0.6 is 12.4 Å². The van der Waals surface area contributed by atoms with E-state index in [4.69, 9.17) is 9.47 Å². The molecule has 0 aliphatic carbocycles. The van der Waals surface area contributed by atoms with Crippen LogP contribution in [0.25, 0.3) is 0 Å². The first-order chi connectivity index (χ1) is 13.2. The van der Waals surface area contributed by atoms with Crippen LogP contribution in [0.5, 0.6) is 0 Å².